The fourth-order valence-electron chi connectivity index (χ4n) is 8.62. The Labute approximate surface area is 297 Å². The summed E-state index contributed by atoms with van der Waals surface area (Å²) in [5.74, 6) is 0. The van der Waals surface area contributed by atoms with Crippen LogP contribution in [0.15, 0.2) is 188 Å². The van der Waals surface area contributed by atoms with Crippen molar-refractivity contribution in [3.8, 4) is 33.4 Å². The molecule has 0 unspecified atom stereocenters. The highest BCUT2D eigenvalue weighted by atomic mass is 15.3. The standard InChI is InChI=1S/C48H42BN/c1-36-19-21-43(22-20-36)47-35-50(2,3)49(45-31-27-41(28-32-45)38-15-9-5-10-16-38,46-33-29-42(30-34-46)39-17-11-6-12-18-39)48(47)44-25-23-40(24-26-44)37-13-7-4-8-14-37/h4-34H,35H2,1-3H3. The first-order chi connectivity index (χ1) is 24.4. The molecule has 1 aliphatic heterocycles. The zero-order valence-electron chi connectivity index (χ0n) is 29.1. The summed E-state index contributed by atoms with van der Waals surface area (Å²) in [5, 5.41) is 0. The molecule has 1 aliphatic rings. The van der Waals surface area contributed by atoms with Gasteiger partial charge in [-0.3, -0.25) is 0 Å². The summed E-state index contributed by atoms with van der Waals surface area (Å²) in [4.78, 5) is 0. The van der Waals surface area contributed by atoms with E-state index >= 15 is 0 Å². The molecule has 0 N–H and O–H groups in total. The van der Waals surface area contributed by atoms with E-state index in [1.807, 2.05) is 0 Å². The summed E-state index contributed by atoms with van der Waals surface area (Å²) in [6.07, 6.45) is -1.51. The van der Waals surface area contributed by atoms with Crippen molar-refractivity contribution in [2.24, 2.45) is 0 Å². The van der Waals surface area contributed by atoms with Gasteiger partial charge in [-0.1, -0.05) is 199 Å². The molecule has 1 heterocycles. The fourth-order valence-corrected chi connectivity index (χ4v) is 8.62. The van der Waals surface area contributed by atoms with Crippen LogP contribution in [-0.4, -0.2) is 31.3 Å². The number of quaternary nitrogens is 1. The van der Waals surface area contributed by atoms with E-state index < -0.39 is 6.28 Å². The molecule has 0 radical (unpaired) electrons. The number of likely N-dealkylation sites (N-methyl/N-ethyl adjacent to an activating group) is 1. The van der Waals surface area contributed by atoms with Gasteiger partial charge in [0.1, 0.15) is 0 Å². The second kappa shape index (κ2) is 13.0. The van der Waals surface area contributed by atoms with Gasteiger partial charge in [0.05, 0.1) is 6.54 Å². The predicted octanol–water partition coefficient (Wildman–Crippen LogP) is 10.3. The summed E-state index contributed by atoms with van der Waals surface area (Å²) in [7, 11) is 4.88. The Morgan fingerprint density at radius 2 is 0.680 bits per heavy atom. The quantitative estimate of drug-likeness (QED) is 0.152. The molecule has 0 spiro atoms. The lowest BCUT2D eigenvalue weighted by Crippen LogP contribution is -2.75. The Morgan fingerprint density at radius 1 is 0.360 bits per heavy atom. The van der Waals surface area contributed by atoms with Crippen LogP contribution < -0.4 is 10.9 Å². The summed E-state index contributed by atoms with van der Waals surface area (Å²) >= 11 is 0. The van der Waals surface area contributed by atoms with Gasteiger partial charge in [-0.25, -0.2) is 0 Å². The van der Waals surface area contributed by atoms with Crippen LogP contribution in [0.3, 0.4) is 0 Å². The molecule has 0 saturated heterocycles. The number of hydrogen-bond donors (Lipinski definition) is 0. The predicted molar refractivity (Wildman–Crippen MR) is 216 cm³/mol. The van der Waals surface area contributed by atoms with E-state index in [2.05, 4.69) is 209 Å². The number of hydrogen-bond acceptors (Lipinski definition) is 0. The van der Waals surface area contributed by atoms with Crippen molar-refractivity contribution >= 4 is 28.3 Å². The van der Waals surface area contributed by atoms with E-state index in [0.717, 1.165) is 10.9 Å². The number of rotatable bonds is 7. The maximum absolute atomic E-state index is 2.44. The first-order valence-corrected chi connectivity index (χ1v) is 17.7. The van der Waals surface area contributed by atoms with Gasteiger partial charge in [0, 0.05) is 14.1 Å². The molecule has 0 bridgehead atoms. The second-order valence-corrected chi connectivity index (χ2v) is 14.4. The zero-order chi connectivity index (χ0) is 34.1. The molecule has 0 amide bonds. The topological polar surface area (TPSA) is 0 Å². The average molecular weight is 644 g/mol. The van der Waals surface area contributed by atoms with Crippen molar-refractivity contribution in [1.29, 1.82) is 0 Å². The highest BCUT2D eigenvalue weighted by molar-refractivity contribution is 7.11. The second-order valence-electron chi connectivity index (χ2n) is 14.4. The van der Waals surface area contributed by atoms with Gasteiger partial charge in [0.15, 0.2) is 0 Å². The molecule has 7 aromatic carbocycles. The molecule has 0 fully saturated rings. The zero-order valence-corrected chi connectivity index (χ0v) is 29.1. The number of nitrogens with zero attached hydrogens (tertiary/aromatic N) is 1. The SMILES string of the molecule is Cc1ccc(C2=C(c3ccc(-c4ccccc4)cc3)[B-](c3ccc(-c4ccccc4)cc3)(c3ccc(-c4ccccc4)cc3)[N+](C)(C)C2)cc1. The van der Waals surface area contributed by atoms with Gasteiger partial charge in [-0.15, -0.1) is 16.4 Å². The molecule has 242 valence electrons. The van der Waals surface area contributed by atoms with E-state index in [1.165, 1.54) is 72.0 Å². The van der Waals surface area contributed by atoms with Crippen LogP contribution >= 0.6 is 0 Å². The maximum atomic E-state index is 2.44. The largest absolute Gasteiger partial charge is 0.505 e. The van der Waals surface area contributed by atoms with Crippen molar-refractivity contribution in [1.82, 2.24) is 0 Å². The third-order valence-corrected chi connectivity index (χ3v) is 11.1. The normalized spacial score (nSPS) is 14.9. The highest BCUT2D eigenvalue weighted by Crippen LogP contribution is 2.45. The molecule has 8 rings (SSSR count). The van der Waals surface area contributed by atoms with Gasteiger partial charge >= 0.3 is 0 Å². The molecule has 0 atom stereocenters. The van der Waals surface area contributed by atoms with Crippen LogP contribution in [0.1, 0.15) is 16.7 Å². The van der Waals surface area contributed by atoms with E-state index in [9.17, 15) is 0 Å². The minimum absolute atomic E-state index is 0.814. The molecule has 0 aliphatic carbocycles. The maximum Gasteiger partial charge on any atom is 0.292 e. The van der Waals surface area contributed by atoms with Crippen LogP contribution in [0.2, 0.25) is 0 Å². The lowest BCUT2D eigenvalue weighted by Gasteiger charge is -2.54. The van der Waals surface area contributed by atoms with Gasteiger partial charge < -0.3 is 4.39 Å². The Morgan fingerprint density at radius 3 is 1.08 bits per heavy atom. The van der Waals surface area contributed by atoms with E-state index in [0.29, 0.717) is 0 Å². The molecule has 7 aromatic rings. The first kappa shape index (κ1) is 31.6. The Bertz CT molecular complexity index is 2170. The average Bonchev–Trinajstić information content (AvgIpc) is 3.43. The minimum atomic E-state index is -1.51. The Hall–Kier alpha value is -5.70. The van der Waals surface area contributed by atoms with Gasteiger partial charge in [-0.05, 0) is 51.4 Å². The van der Waals surface area contributed by atoms with E-state index in [4.69, 9.17) is 0 Å². The third kappa shape index (κ3) is 5.52. The molecule has 1 nitrogen and oxygen atoms in total. The molecule has 50 heavy (non-hydrogen) atoms. The lowest BCUT2D eigenvalue weighted by atomic mass is 9.21. The minimum Gasteiger partial charge on any atom is -0.505 e. The van der Waals surface area contributed by atoms with Gasteiger partial charge in [0.2, 0.25) is 0 Å². The van der Waals surface area contributed by atoms with Crippen LogP contribution in [0.5, 0.6) is 0 Å². The lowest BCUT2D eigenvalue weighted by molar-refractivity contribution is -0.774. The van der Waals surface area contributed by atoms with E-state index in [-0.39, 0.29) is 0 Å². The third-order valence-electron chi connectivity index (χ3n) is 11.1. The molecular formula is C48H42BN. The van der Waals surface area contributed by atoms with Crippen LogP contribution in [0, 0.1) is 6.92 Å². The highest BCUT2D eigenvalue weighted by Gasteiger charge is 2.53. The van der Waals surface area contributed by atoms with Crippen molar-refractivity contribution in [3.05, 3.63) is 205 Å². The van der Waals surface area contributed by atoms with Gasteiger partial charge in [0.25, 0.3) is 6.28 Å². The van der Waals surface area contributed by atoms with E-state index in [1.54, 1.807) is 0 Å². The molecule has 0 aromatic heterocycles. The van der Waals surface area contributed by atoms with Crippen LogP contribution in [0.25, 0.3) is 44.4 Å². The Balaban J connectivity index is 1.39. The Kier molecular flexibility index (Phi) is 8.19. The van der Waals surface area contributed by atoms with Crippen molar-refractivity contribution < 1.29 is 4.39 Å². The number of aryl methyl sites for hydroxylation is 1. The number of benzene rings is 7. The fraction of sp³-hybridized carbons (Fsp3) is 0.0833. The first-order valence-electron chi connectivity index (χ1n) is 17.7. The van der Waals surface area contributed by atoms with Crippen molar-refractivity contribution in [2.75, 3.05) is 20.6 Å². The summed E-state index contributed by atoms with van der Waals surface area (Å²) in [5.41, 5.74) is 16.8. The molecule has 2 heteroatoms. The molecular weight excluding hydrogens is 601 g/mol. The van der Waals surface area contributed by atoms with Crippen molar-refractivity contribution in [2.45, 2.75) is 6.92 Å². The summed E-state index contributed by atoms with van der Waals surface area (Å²) in [6.45, 7) is 3.09. The monoisotopic (exact) mass is 643 g/mol. The molecule has 0 saturated carbocycles. The van der Waals surface area contributed by atoms with Crippen LogP contribution in [0.4, 0.5) is 0 Å². The summed E-state index contributed by atoms with van der Waals surface area (Å²) in [6, 6.07) is 69.6. The van der Waals surface area contributed by atoms with Gasteiger partial charge in [-0.2, -0.15) is 0 Å². The smallest absolute Gasteiger partial charge is 0.292 e. The summed E-state index contributed by atoms with van der Waals surface area (Å²) < 4.78 is 0.814. The van der Waals surface area contributed by atoms with Crippen LogP contribution in [-0.2, 0) is 0 Å². The van der Waals surface area contributed by atoms with Crippen molar-refractivity contribution in [3.63, 3.8) is 0 Å².